The van der Waals surface area contributed by atoms with Gasteiger partial charge in [-0.2, -0.15) is 0 Å². The van der Waals surface area contributed by atoms with Crippen molar-refractivity contribution in [2.24, 2.45) is 5.92 Å². The first kappa shape index (κ1) is 9.26. The van der Waals surface area contributed by atoms with E-state index in [-0.39, 0.29) is 0 Å². The molecule has 1 aliphatic heterocycles. The van der Waals surface area contributed by atoms with Crippen molar-refractivity contribution < 1.29 is 0 Å². The van der Waals surface area contributed by atoms with Crippen molar-refractivity contribution >= 4 is 5.69 Å². The molecule has 15 heavy (non-hydrogen) atoms. The van der Waals surface area contributed by atoms with Crippen molar-refractivity contribution in [3.05, 3.63) is 29.8 Å². The molecule has 1 aliphatic carbocycles. The van der Waals surface area contributed by atoms with Gasteiger partial charge in [0, 0.05) is 12.2 Å². The summed E-state index contributed by atoms with van der Waals surface area (Å²) in [5.41, 5.74) is 2.94. The Hall–Kier alpha value is -0.980. The summed E-state index contributed by atoms with van der Waals surface area (Å²) in [6.45, 7) is 1.16. The van der Waals surface area contributed by atoms with Gasteiger partial charge in [-0.05, 0) is 42.7 Å². The Bertz CT molecular complexity index is 341. The fourth-order valence-corrected chi connectivity index (χ4v) is 2.69. The molecule has 0 bridgehead atoms. The average Bonchev–Trinajstić information content (AvgIpc) is 3.10. The molecule has 0 radical (unpaired) electrons. The van der Waals surface area contributed by atoms with Crippen LogP contribution < -0.4 is 5.32 Å². The summed E-state index contributed by atoms with van der Waals surface area (Å²) >= 11 is 0. The lowest BCUT2D eigenvalue weighted by atomic mass is 9.87. The van der Waals surface area contributed by atoms with Crippen LogP contribution in [-0.4, -0.2) is 6.54 Å². The molecule has 1 fully saturated rings. The van der Waals surface area contributed by atoms with E-state index in [1.807, 2.05) is 0 Å². The van der Waals surface area contributed by atoms with E-state index < -0.39 is 0 Å². The van der Waals surface area contributed by atoms with Crippen LogP contribution in [0.2, 0.25) is 0 Å². The van der Waals surface area contributed by atoms with Crippen LogP contribution in [-0.2, 0) is 0 Å². The lowest BCUT2D eigenvalue weighted by Gasteiger charge is -2.26. The molecule has 0 saturated heterocycles. The number of para-hydroxylation sites is 1. The van der Waals surface area contributed by atoms with E-state index in [9.17, 15) is 0 Å². The summed E-state index contributed by atoms with van der Waals surface area (Å²) in [7, 11) is 0. The van der Waals surface area contributed by atoms with Crippen LogP contribution in [0.25, 0.3) is 0 Å². The smallest absolute Gasteiger partial charge is 0.0375 e. The highest BCUT2D eigenvalue weighted by Gasteiger charge is 2.25. The lowest BCUT2D eigenvalue weighted by molar-refractivity contribution is 0.530. The van der Waals surface area contributed by atoms with Crippen LogP contribution in [0, 0.1) is 5.92 Å². The number of nitrogens with one attached hydrogen (secondary N) is 1. The fourth-order valence-electron chi connectivity index (χ4n) is 2.69. The number of hydrogen-bond acceptors (Lipinski definition) is 1. The number of fused-ring (bicyclic) bond motifs is 1. The number of rotatable bonds is 3. The monoisotopic (exact) mass is 201 g/mol. The minimum Gasteiger partial charge on any atom is -0.385 e. The topological polar surface area (TPSA) is 12.0 Å². The highest BCUT2D eigenvalue weighted by molar-refractivity contribution is 5.54. The van der Waals surface area contributed by atoms with Gasteiger partial charge in [0.2, 0.25) is 0 Å². The third-order valence-electron chi connectivity index (χ3n) is 3.83. The van der Waals surface area contributed by atoms with Gasteiger partial charge in [-0.25, -0.2) is 0 Å². The molecule has 1 nitrogen and oxygen atoms in total. The summed E-state index contributed by atoms with van der Waals surface area (Å²) in [4.78, 5) is 0. The molecule has 1 unspecified atom stereocenters. The van der Waals surface area contributed by atoms with E-state index in [4.69, 9.17) is 0 Å². The Morgan fingerprint density at radius 3 is 2.80 bits per heavy atom. The second-order valence-electron chi connectivity index (χ2n) is 5.02. The van der Waals surface area contributed by atoms with E-state index in [0.717, 1.165) is 18.4 Å². The summed E-state index contributed by atoms with van der Waals surface area (Å²) in [6.07, 6.45) is 7.17. The minimum atomic E-state index is 0.822. The lowest BCUT2D eigenvalue weighted by Crippen LogP contribution is -2.16. The Labute approximate surface area is 91.9 Å². The van der Waals surface area contributed by atoms with Gasteiger partial charge in [-0.15, -0.1) is 0 Å². The number of benzene rings is 1. The van der Waals surface area contributed by atoms with Gasteiger partial charge in [0.1, 0.15) is 0 Å². The molecule has 1 aromatic carbocycles. The molecule has 0 amide bonds. The predicted molar refractivity (Wildman–Crippen MR) is 64.2 cm³/mol. The van der Waals surface area contributed by atoms with Crippen LogP contribution in [0.4, 0.5) is 5.69 Å². The van der Waals surface area contributed by atoms with Crippen molar-refractivity contribution in [3.8, 4) is 0 Å². The molecule has 1 atom stereocenters. The van der Waals surface area contributed by atoms with Crippen molar-refractivity contribution in [3.63, 3.8) is 0 Å². The molecular weight excluding hydrogens is 182 g/mol. The normalized spacial score (nSPS) is 24.4. The van der Waals surface area contributed by atoms with Gasteiger partial charge in [-0.1, -0.05) is 31.0 Å². The van der Waals surface area contributed by atoms with E-state index in [1.165, 1.54) is 37.8 Å². The summed E-state index contributed by atoms with van der Waals surface area (Å²) < 4.78 is 0. The van der Waals surface area contributed by atoms with E-state index in [1.54, 1.807) is 5.56 Å². The van der Waals surface area contributed by atoms with Crippen LogP contribution in [0.1, 0.15) is 43.6 Å². The Morgan fingerprint density at radius 2 is 1.93 bits per heavy atom. The van der Waals surface area contributed by atoms with Crippen molar-refractivity contribution in [2.45, 2.75) is 38.0 Å². The Morgan fingerprint density at radius 1 is 1.07 bits per heavy atom. The van der Waals surface area contributed by atoms with Crippen LogP contribution in [0.3, 0.4) is 0 Å². The van der Waals surface area contributed by atoms with Crippen LogP contribution in [0.15, 0.2) is 24.3 Å². The second kappa shape index (κ2) is 3.88. The Balaban J connectivity index is 1.73. The van der Waals surface area contributed by atoms with Gasteiger partial charge in [0.05, 0.1) is 0 Å². The van der Waals surface area contributed by atoms with Gasteiger partial charge in [-0.3, -0.25) is 0 Å². The zero-order valence-electron chi connectivity index (χ0n) is 9.21. The molecule has 80 valence electrons. The molecule has 1 heteroatoms. The first-order valence-electron chi connectivity index (χ1n) is 6.26. The maximum absolute atomic E-state index is 3.50. The SMILES string of the molecule is c1ccc2c(c1)NCCC2CCC1CC1. The van der Waals surface area contributed by atoms with Gasteiger partial charge < -0.3 is 5.32 Å². The molecule has 1 N–H and O–H groups in total. The van der Waals surface area contributed by atoms with Crippen LogP contribution in [0.5, 0.6) is 0 Å². The molecule has 0 spiro atoms. The molecular formula is C14H19N. The zero-order valence-corrected chi connectivity index (χ0v) is 9.21. The Kier molecular flexibility index (Phi) is 2.40. The number of anilines is 1. The predicted octanol–water partition coefficient (Wildman–Crippen LogP) is 3.78. The highest BCUT2D eigenvalue weighted by atomic mass is 14.9. The van der Waals surface area contributed by atoms with Crippen LogP contribution >= 0.6 is 0 Å². The van der Waals surface area contributed by atoms with Gasteiger partial charge in [0.25, 0.3) is 0 Å². The second-order valence-corrected chi connectivity index (χ2v) is 5.02. The zero-order chi connectivity index (χ0) is 10.1. The maximum Gasteiger partial charge on any atom is 0.0375 e. The highest BCUT2D eigenvalue weighted by Crippen LogP contribution is 2.40. The van der Waals surface area contributed by atoms with E-state index >= 15 is 0 Å². The quantitative estimate of drug-likeness (QED) is 0.784. The maximum atomic E-state index is 3.50. The first-order chi connectivity index (χ1) is 7.43. The summed E-state index contributed by atoms with van der Waals surface area (Å²) in [5, 5.41) is 3.50. The molecule has 0 aromatic heterocycles. The third-order valence-corrected chi connectivity index (χ3v) is 3.83. The summed E-state index contributed by atoms with van der Waals surface area (Å²) in [5.74, 6) is 1.90. The minimum absolute atomic E-state index is 0.822. The average molecular weight is 201 g/mol. The van der Waals surface area contributed by atoms with Crippen molar-refractivity contribution in [1.29, 1.82) is 0 Å². The standard InChI is InChI=1S/C14H19N/c1-2-4-14-13(3-1)12(9-10-15-14)8-7-11-5-6-11/h1-4,11-12,15H,5-10H2. The molecule has 3 rings (SSSR count). The molecule has 1 aromatic rings. The molecule has 1 heterocycles. The van der Waals surface area contributed by atoms with Gasteiger partial charge >= 0.3 is 0 Å². The van der Waals surface area contributed by atoms with E-state index in [0.29, 0.717) is 0 Å². The summed E-state index contributed by atoms with van der Waals surface area (Å²) in [6, 6.07) is 8.84. The third kappa shape index (κ3) is 2.01. The molecule has 1 saturated carbocycles. The van der Waals surface area contributed by atoms with Gasteiger partial charge in [0.15, 0.2) is 0 Å². The largest absolute Gasteiger partial charge is 0.385 e. The van der Waals surface area contributed by atoms with Crippen molar-refractivity contribution in [1.82, 2.24) is 0 Å². The number of hydrogen-bond donors (Lipinski definition) is 1. The molecule has 2 aliphatic rings. The van der Waals surface area contributed by atoms with E-state index in [2.05, 4.69) is 29.6 Å². The van der Waals surface area contributed by atoms with Crippen molar-refractivity contribution in [2.75, 3.05) is 11.9 Å². The fraction of sp³-hybridized carbons (Fsp3) is 0.571. The first-order valence-corrected chi connectivity index (χ1v) is 6.26.